The summed E-state index contributed by atoms with van der Waals surface area (Å²) in [6, 6.07) is 4.17. The lowest BCUT2D eigenvalue weighted by molar-refractivity contribution is 0.133. The SMILES string of the molecule is CC1CCc2cc(C3CCC4CC(/C=C/F)CCC4C3)cc(F)c2C1. The summed E-state index contributed by atoms with van der Waals surface area (Å²) in [5.74, 6) is 3.10. The van der Waals surface area contributed by atoms with Crippen molar-refractivity contribution in [1.29, 1.82) is 0 Å². The molecular formula is C23H30F2. The summed E-state index contributed by atoms with van der Waals surface area (Å²) >= 11 is 0. The van der Waals surface area contributed by atoms with Gasteiger partial charge in [0.15, 0.2) is 0 Å². The number of hydrogen-bond donors (Lipinski definition) is 0. The largest absolute Gasteiger partial charge is 0.216 e. The number of benzene rings is 1. The molecule has 0 amide bonds. The Kier molecular flexibility index (Phi) is 4.97. The van der Waals surface area contributed by atoms with Crippen LogP contribution in [0.4, 0.5) is 8.78 Å². The highest BCUT2D eigenvalue weighted by molar-refractivity contribution is 5.37. The van der Waals surface area contributed by atoms with Crippen LogP contribution in [-0.2, 0) is 12.8 Å². The van der Waals surface area contributed by atoms with Crippen LogP contribution in [0.2, 0.25) is 0 Å². The third-order valence-corrected chi connectivity index (χ3v) is 7.24. The quantitative estimate of drug-likeness (QED) is 0.558. The topological polar surface area (TPSA) is 0 Å². The molecule has 25 heavy (non-hydrogen) atoms. The van der Waals surface area contributed by atoms with Crippen molar-refractivity contribution in [2.45, 2.75) is 70.6 Å². The van der Waals surface area contributed by atoms with Crippen molar-refractivity contribution >= 4 is 0 Å². The number of rotatable bonds is 2. The number of halogens is 2. The number of hydrogen-bond acceptors (Lipinski definition) is 0. The molecule has 136 valence electrons. The predicted octanol–water partition coefficient (Wildman–Crippen LogP) is 6.73. The van der Waals surface area contributed by atoms with Crippen LogP contribution in [0.1, 0.15) is 74.5 Å². The lowest BCUT2D eigenvalue weighted by Crippen LogP contribution is -2.30. The number of fused-ring (bicyclic) bond motifs is 2. The molecule has 1 aromatic carbocycles. The van der Waals surface area contributed by atoms with Gasteiger partial charge < -0.3 is 0 Å². The molecule has 0 saturated heterocycles. The second-order valence-electron chi connectivity index (χ2n) is 8.91. The van der Waals surface area contributed by atoms with Crippen molar-refractivity contribution in [1.82, 2.24) is 0 Å². The van der Waals surface area contributed by atoms with E-state index in [0.29, 0.717) is 17.8 Å². The van der Waals surface area contributed by atoms with E-state index in [1.54, 1.807) is 6.08 Å². The van der Waals surface area contributed by atoms with Gasteiger partial charge in [0.05, 0.1) is 6.33 Å². The smallest absolute Gasteiger partial charge is 0.126 e. The molecule has 0 heterocycles. The molecular weight excluding hydrogens is 314 g/mol. The van der Waals surface area contributed by atoms with Gasteiger partial charge in [-0.1, -0.05) is 19.1 Å². The van der Waals surface area contributed by atoms with E-state index in [4.69, 9.17) is 0 Å². The molecule has 0 aliphatic heterocycles. The predicted molar refractivity (Wildman–Crippen MR) is 98.8 cm³/mol. The molecule has 0 bridgehead atoms. The van der Waals surface area contributed by atoms with Gasteiger partial charge in [-0.15, -0.1) is 0 Å². The average Bonchev–Trinajstić information content (AvgIpc) is 2.62. The van der Waals surface area contributed by atoms with Crippen LogP contribution in [0.3, 0.4) is 0 Å². The van der Waals surface area contributed by atoms with Crippen LogP contribution in [0, 0.1) is 29.5 Å². The van der Waals surface area contributed by atoms with E-state index in [2.05, 4.69) is 13.0 Å². The summed E-state index contributed by atoms with van der Waals surface area (Å²) in [6.07, 6.45) is 12.7. The Morgan fingerprint density at radius 1 is 1.00 bits per heavy atom. The van der Waals surface area contributed by atoms with Gasteiger partial charge in [0.1, 0.15) is 5.82 Å². The molecule has 1 aromatic rings. The first kappa shape index (κ1) is 17.2. The standard InChI is InChI=1S/C23H30F2/c1-15-2-4-20-13-21(14-23(25)22(20)10-15)19-7-6-17-11-16(8-9-24)3-5-18(17)12-19/h8-9,13-19H,2-7,10-12H2,1H3/b9-8+. The molecule has 0 N–H and O–H groups in total. The molecule has 0 spiro atoms. The lowest BCUT2D eigenvalue weighted by Gasteiger charge is -2.42. The van der Waals surface area contributed by atoms with E-state index in [9.17, 15) is 8.78 Å². The molecule has 2 fully saturated rings. The van der Waals surface area contributed by atoms with Crippen LogP contribution in [-0.4, -0.2) is 0 Å². The molecule has 3 aliphatic carbocycles. The van der Waals surface area contributed by atoms with Crippen molar-refractivity contribution in [3.05, 3.63) is 47.0 Å². The second kappa shape index (κ2) is 7.21. The van der Waals surface area contributed by atoms with E-state index in [1.807, 2.05) is 6.07 Å². The highest BCUT2D eigenvalue weighted by atomic mass is 19.1. The van der Waals surface area contributed by atoms with Gasteiger partial charge >= 0.3 is 0 Å². The molecule has 0 aromatic heterocycles. The van der Waals surface area contributed by atoms with Gasteiger partial charge in [-0.3, -0.25) is 0 Å². The zero-order valence-electron chi connectivity index (χ0n) is 15.3. The van der Waals surface area contributed by atoms with E-state index in [1.165, 1.54) is 43.2 Å². The van der Waals surface area contributed by atoms with Gasteiger partial charge in [0.2, 0.25) is 0 Å². The molecule has 2 heteroatoms. The van der Waals surface area contributed by atoms with Crippen LogP contribution >= 0.6 is 0 Å². The van der Waals surface area contributed by atoms with E-state index >= 15 is 0 Å². The summed E-state index contributed by atoms with van der Waals surface area (Å²) in [5.41, 5.74) is 3.50. The van der Waals surface area contributed by atoms with Crippen LogP contribution in [0.25, 0.3) is 0 Å². The van der Waals surface area contributed by atoms with Gasteiger partial charge in [0, 0.05) is 0 Å². The summed E-state index contributed by atoms with van der Waals surface area (Å²) in [4.78, 5) is 0. The van der Waals surface area contributed by atoms with Gasteiger partial charge in [-0.25, -0.2) is 8.78 Å². The molecule has 4 rings (SSSR count). The maximum absolute atomic E-state index is 14.7. The first-order chi connectivity index (χ1) is 12.1. The minimum atomic E-state index is 0.0398. The van der Waals surface area contributed by atoms with E-state index < -0.39 is 0 Å². The van der Waals surface area contributed by atoms with Crippen LogP contribution in [0.5, 0.6) is 0 Å². The maximum atomic E-state index is 14.7. The zero-order valence-corrected chi connectivity index (χ0v) is 15.3. The summed E-state index contributed by atoms with van der Waals surface area (Å²) in [7, 11) is 0. The lowest BCUT2D eigenvalue weighted by atomic mass is 9.63. The fourth-order valence-corrected chi connectivity index (χ4v) is 5.76. The summed E-state index contributed by atoms with van der Waals surface area (Å²) in [6.45, 7) is 2.23. The Labute approximate surface area is 150 Å². The molecule has 3 aliphatic rings. The summed E-state index contributed by atoms with van der Waals surface area (Å²) < 4.78 is 27.2. The van der Waals surface area contributed by atoms with E-state index in [0.717, 1.165) is 49.4 Å². The van der Waals surface area contributed by atoms with Crippen molar-refractivity contribution in [3.63, 3.8) is 0 Å². The molecule has 2 saturated carbocycles. The Hall–Kier alpha value is -1.18. The highest BCUT2D eigenvalue weighted by Crippen LogP contribution is 2.48. The van der Waals surface area contributed by atoms with Crippen LogP contribution in [0.15, 0.2) is 24.5 Å². The van der Waals surface area contributed by atoms with Gasteiger partial charge in [-0.05, 0) is 110 Å². The first-order valence-corrected chi connectivity index (χ1v) is 10.2. The van der Waals surface area contributed by atoms with Crippen molar-refractivity contribution < 1.29 is 8.78 Å². The van der Waals surface area contributed by atoms with Crippen molar-refractivity contribution in [2.24, 2.45) is 23.7 Å². The van der Waals surface area contributed by atoms with Crippen molar-refractivity contribution in [2.75, 3.05) is 0 Å². The molecule has 5 atom stereocenters. The Balaban J connectivity index is 1.48. The minimum Gasteiger partial charge on any atom is -0.216 e. The fourth-order valence-electron chi connectivity index (χ4n) is 5.76. The summed E-state index contributed by atoms with van der Waals surface area (Å²) in [5, 5.41) is 0. The van der Waals surface area contributed by atoms with Gasteiger partial charge in [0.25, 0.3) is 0 Å². The molecule has 0 radical (unpaired) electrons. The third-order valence-electron chi connectivity index (χ3n) is 7.24. The molecule has 5 unspecified atom stereocenters. The van der Waals surface area contributed by atoms with Gasteiger partial charge in [-0.2, -0.15) is 0 Å². The number of allylic oxidation sites excluding steroid dienone is 1. The third kappa shape index (κ3) is 3.55. The number of aryl methyl sites for hydroxylation is 1. The highest BCUT2D eigenvalue weighted by Gasteiger charge is 2.36. The zero-order chi connectivity index (χ0) is 17.4. The first-order valence-electron chi connectivity index (χ1n) is 10.2. The fraction of sp³-hybridized carbons (Fsp3) is 0.652. The minimum absolute atomic E-state index is 0.0398. The Morgan fingerprint density at radius 2 is 1.80 bits per heavy atom. The second-order valence-corrected chi connectivity index (χ2v) is 8.91. The Morgan fingerprint density at radius 3 is 2.64 bits per heavy atom. The normalized spacial score (nSPS) is 35.4. The van der Waals surface area contributed by atoms with E-state index in [-0.39, 0.29) is 5.82 Å². The Bertz CT molecular complexity index is 648. The average molecular weight is 344 g/mol. The van der Waals surface area contributed by atoms with Crippen LogP contribution < -0.4 is 0 Å². The maximum Gasteiger partial charge on any atom is 0.126 e. The van der Waals surface area contributed by atoms with Crippen molar-refractivity contribution in [3.8, 4) is 0 Å². The monoisotopic (exact) mass is 344 g/mol. The molecule has 0 nitrogen and oxygen atoms in total.